The molecule has 0 fully saturated rings. The topological polar surface area (TPSA) is 43.6 Å². The maximum absolute atomic E-state index is 13.9. The second kappa shape index (κ2) is 9.03. The van der Waals surface area contributed by atoms with Crippen LogP contribution in [0.4, 0.5) is 4.39 Å². The summed E-state index contributed by atoms with van der Waals surface area (Å²) in [4.78, 5) is 19.5. The molecular weight excluding hydrogens is 471 g/mol. The molecule has 1 aliphatic carbocycles. The van der Waals surface area contributed by atoms with Crippen LogP contribution in [0.1, 0.15) is 48.6 Å². The van der Waals surface area contributed by atoms with E-state index in [9.17, 15) is 9.18 Å². The fraction of sp³-hybridized carbons (Fsp3) is 0.200. The van der Waals surface area contributed by atoms with Crippen LogP contribution >= 0.6 is 11.3 Å². The highest BCUT2D eigenvalue weighted by molar-refractivity contribution is 7.07. The lowest BCUT2D eigenvalue weighted by Gasteiger charge is -2.30. The van der Waals surface area contributed by atoms with Gasteiger partial charge in [0.1, 0.15) is 11.6 Å². The Morgan fingerprint density at radius 2 is 1.78 bits per heavy atom. The van der Waals surface area contributed by atoms with E-state index in [0.717, 1.165) is 46.6 Å². The Bertz CT molecular complexity index is 1680. The predicted octanol–water partition coefficient (Wildman–Crippen LogP) is 5.25. The van der Waals surface area contributed by atoms with Crippen molar-refractivity contribution in [3.63, 3.8) is 0 Å². The van der Waals surface area contributed by atoms with Gasteiger partial charge in [-0.25, -0.2) is 9.38 Å². The van der Waals surface area contributed by atoms with Gasteiger partial charge in [-0.1, -0.05) is 65.9 Å². The van der Waals surface area contributed by atoms with E-state index in [1.165, 1.54) is 29.0 Å². The highest BCUT2D eigenvalue weighted by Crippen LogP contribution is 2.41. The van der Waals surface area contributed by atoms with Gasteiger partial charge in [0.05, 0.1) is 22.4 Å². The van der Waals surface area contributed by atoms with Crippen molar-refractivity contribution in [2.24, 2.45) is 4.99 Å². The van der Waals surface area contributed by atoms with Crippen LogP contribution in [-0.2, 0) is 6.42 Å². The third kappa shape index (κ3) is 3.91. The van der Waals surface area contributed by atoms with Crippen LogP contribution in [0.3, 0.4) is 0 Å². The molecule has 6 rings (SSSR count). The first-order valence-corrected chi connectivity index (χ1v) is 13.0. The van der Waals surface area contributed by atoms with Gasteiger partial charge in [0, 0.05) is 11.1 Å². The first-order valence-electron chi connectivity index (χ1n) is 12.1. The van der Waals surface area contributed by atoms with Crippen molar-refractivity contribution in [1.82, 2.24) is 4.57 Å². The molecule has 2 heterocycles. The molecular formula is C30H25FN2O2S. The number of nitrogens with zero attached hydrogens (tertiary/aromatic N) is 2. The summed E-state index contributed by atoms with van der Waals surface area (Å²) >= 11 is 1.38. The Balaban J connectivity index is 1.59. The third-order valence-corrected chi connectivity index (χ3v) is 7.61. The molecule has 0 amide bonds. The minimum Gasteiger partial charge on any atom is -0.490 e. The van der Waals surface area contributed by atoms with Crippen LogP contribution in [0.2, 0.25) is 0 Å². The van der Waals surface area contributed by atoms with E-state index in [1.807, 2.05) is 50.3 Å². The van der Waals surface area contributed by atoms with Crippen molar-refractivity contribution >= 4 is 23.1 Å². The van der Waals surface area contributed by atoms with E-state index in [1.54, 1.807) is 16.7 Å². The molecule has 0 saturated heterocycles. The van der Waals surface area contributed by atoms with E-state index >= 15 is 0 Å². The molecule has 2 aliphatic rings. The molecule has 3 aromatic carbocycles. The number of ether oxygens (including phenoxy) is 1. The lowest BCUT2D eigenvalue weighted by Crippen LogP contribution is -2.38. The number of thiazole rings is 1. The van der Waals surface area contributed by atoms with Crippen LogP contribution in [0.25, 0.3) is 11.8 Å². The van der Waals surface area contributed by atoms with E-state index < -0.39 is 0 Å². The monoisotopic (exact) mass is 496 g/mol. The minimum absolute atomic E-state index is 0.0195. The summed E-state index contributed by atoms with van der Waals surface area (Å²) in [6.45, 7) is 3.96. The number of fused-ring (bicyclic) bond motifs is 3. The molecule has 1 aromatic heterocycles. The van der Waals surface area contributed by atoms with Gasteiger partial charge in [0.25, 0.3) is 5.56 Å². The second-order valence-electron chi connectivity index (χ2n) is 9.37. The van der Waals surface area contributed by atoms with Crippen molar-refractivity contribution < 1.29 is 9.13 Å². The number of para-hydroxylation sites is 1. The summed E-state index contributed by atoms with van der Waals surface area (Å²) in [5.41, 5.74) is 6.04. The SMILES string of the molecule is CC(C)Oc1ccccc1C=c1sc2n(c1=O)C(c1ccc(F)cc1)C1=C(N=2)c2ccccc2CC1. The number of allylic oxidation sites excluding steroid dienone is 1. The first kappa shape index (κ1) is 22.7. The van der Waals surface area contributed by atoms with Crippen LogP contribution < -0.4 is 19.6 Å². The quantitative estimate of drug-likeness (QED) is 0.388. The number of halogens is 1. The molecule has 0 saturated carbocycles. The molecule has 1 aliphatic heterocycles. The molecule has 0 spiro atoms. The van der Waals surface area contributed by atoms with Crippen molar-refractivity contribution in [3.05, 3.63) is 126 Å². The van der Waals surface area contributed by atoms with Crippen LogP contribution in [0, 0.1) is 5.82 Å². The molecule has 1 atom stereocenters. The number of rotatable bonds is 4. The Morgan fingerprint density at radius 1 is 1.03 bits per heavy atom. The van der Waals surface area contributed by atoms with Crippen molar-refractivity contribution in [3.8, 4) is 5.75 Å². The number of hydrogen-bond donors (Lipinski definition) is 0. The zero-order valence-corrected chi connectivity index (χ0v) is 20.9. The zero-order valence-electron chi connectivity index (χ0n) is 20.1. The molecule has 6 heteroatoms. The fourth-order valence-corrected chi connectivity index (χ4v) is 6.06. The Hall–Kier alpha value is -3.77. The van der Waals surface area contributed by atoms with Crippen LogP contribution in [0.15, 0.2) is 88.2 Å². The predicted molar refractivity (Wildman–Crippen MR) is 141 cm³/mol. The van der Waals surface area contributed by atoms with Crippen molar-refractivity contribution in [2.45, 2.75) is 38.8 Å². The van der Waals surface area contributed by atoms with Gasteiger partial charge < -0.3 is 4.74 Å². The lowest BCUT2D eigenvalue weighted by atomic mass is 9.83. The average molecular weight is 497 g/mol. The largest absolute Gasteiger partial charge is 0.490 e. The smallest absolute Gasteiger partial charge is 0.271 e. The number of aromatic nitrogens is 1. The van der Waals surface area contributed by atoms with Gasteiger partial charge in [0.2, 0.25) is 0 Å². The summed E-state index contributed by atoms with van der Waals surface area (Å²) in [7, 11) is 0. The summed E-state index contributed by atoms with van der Waals surface area (Å²) in [6, 6.07) is 22.2. The lowest BCUT2D eigenvalue weighted by molar-refractivity contribution is 0.242. The summed E-state index contributed by atoms with van der Waals surface area (Å²) < 4.78 is 22.2. The van der Waals surface area contributed by atoms with Gasteiger partial charge in [-0.05, 0) is 67.7 Å². The van der Waals surface area contributed by atoms with E-state index in [2.05, 4.69) is 18.2 Å². The van der Waals surface area contributed by atoms with Gasteiger partial charge in [-0.3, -0.25) is 9.36 Å². The zero-order chi connectivity index (χ0) is 24.8. The Morgan fingerprint density at radius 3 is 2.58 bits per heavy atom. The minimum atomic E-state index is -0.325. The molecule has 4 nitrogen and oxygen atoms in total. The highest BCUT2D eigenvalue weighted by atomic mass is 32.1. The van der Waals surface area contributed by atoms with Crippen LogP contribution in [-0.4, -0.2) is 10.7 Å². The highest BCUT2D eigenvalue weighted by Gasteiger charge is 2.32. The number of benzene rings is 3. The molecule has 4 aromatic rings. The molecule has 36 heavy (non-hydrogen) atoms. The summed E-state index contributed by atoms with van der Waals surface area (Å²) in [5, 5.41) is 0. The van der Waals surface area contributed by atoms with Crippen LogP contribution in [0.5, 0.6) is 5.75 Å². The molecule has 0 N–H and O–H groups in total. The van der Waals surface area contributed by atoms with E-state index in [0.29, 0.717) is 9.33 Å². The van der Waals surface area contributed by atoms with Gasteiger partial charge in [-0.15, -0.1) is 0 Å². The van der Waals surface area contributed by atoms with Gasteiger partial charge >= 0.3 is 0 Å². The van der Waals surface area contributed by atoms with Crippen molar-refractivity contribution in [1.29, 1.82) is 0 Å². The number of aryl methyl sites for hydroxylation is 1. The van der Waals surface area contributed by atoms with E-state index in [4.69, 9.17) is 9.73 Å². The molecule has 0 radical (unpaired) electrons. The normalized spacial score (nSPS) is 16.9. The van der Waals surface area contributed by atoms with Crippen molar-refractivity contribution in [2.75, 3.05) is 0 Å². The maximum atomic E-state index is 13.9. The average Bonchev–Trinajstić information content (AvgIpc) is 3.18. The fourth-order valence-electron chi connectivity index (χ4n) is 5.07. The van der Waals surface area contributed by atoms with E-state index in [-0.39, 0.29) is 23.5 Å². The molecule has 180 valence electrons. The number of hydrogen-bond acceptors (Lipinski definition) is 4. The molecule has 1 unspecified atom stereocenters. The van der Waals surface area contributed by atoms with Gasteiger partial charge in [-0.2, -0.15) is 0 Å². The Labute approximate surface area is 212 Å². The standard InChI is InChI=1S/C30H25FN2O2S/c1-18(2)35-25-10-6-4-8-21(25)17-26-29(34)33-28(20-11-14-22(31)15-12-20)24-16-13-19-7-3-5-9-23(19)27(24)32-30(33)36-26/h3-12,14-15,17-18,28H,13,16H2,1-2H3. The third-order valence-electron chi connectivity index (χ3n) is 6.63. The summed E-state index contributed by atoms with van der Waals surface area (Å²) in [6.07, 6.45) is 3.59. The second-order valence-corrected chi connectivity index (χ2v) is 10.4. The summed E-state index contributed by atoms with van der Waals surface area (Å²) in [5.74, 6) is 0.442. The van der Waals surface area contributed by atoms with Gasteiger partial charge in [0.15, 0.2) is 4.80 Å². The maximum Gasteiger partial charge on any atom is 0.271 e. The molecule has 0 bridgehead atoms. The Kier molecular flexibility index (Phi) is 5.69. The first-order chi connectivity index (χ1) is 17.5.